The van der Waals surface area contributed by atoms with Gasteiger partial charge in [0.2, 0.25) is 16.8 Å². The highest BCUT2D eigenvalue weighted by Crippen LogP contribution is 2.32. The quantitative estimate of drug-likeness (QED) is 0.640. The zero-order valence-corrected chi connectivity index (χ0v) is 14.6. The predicted molar refractivity (Wildman–Crippen MR) is 92.4 cm³/mol. The van der Waals surface area contributed by atoms with Crippen LogP contribution < -0.4 is 10.1 Å². The van der Waals surface area contributed by atoms with Crippen molar-refractivity contribution >= 4 is 28.2 Å². The summed E-state index contributed by atoms with van der Waals surface area (Å²) in [5, 5.41) is 16.6. The molecular weight excluding hydrogens is 346 g/mol. The molecule has 9 heteroatoms. The van der Waals surface area contributed by atoms with Gasteiger partial charge < -0.3 is 14.6 Å². The van der Waals surface area contributed by atoms with Gasteiger partial charge in [0, 0.05) is 6.04 Å². The lowest BCUT2D eigenvalue weighted by Crippen LogP contribution is -1.99. The highest BCUT2D eigenvalue weighted by atomic mass is 32.2. The number of rotatable bonds is 7. The third-order valence-electron chi connectivity index (χ3n) is 3.45. The molecule has 1 fully saturated rings. The standard InChI is InChI=1S/C15H15N5O2S2/c1-21-11-5-3-2-4-10(11)13-17-12(22-20-13)8-23-15-19-18-14(24-15)16-9-6-7-9/h2-5,9H,6-8H2,1H3,(H,16,18). The maximum atomic E-state index is 5.33. The third-order valence-corrected chi connectivity index (χ3v) is 5.42. The third kappa shape index (κ3) is 3.51. The molecule has 1 saturated carbocycles. The summed E-state index contributed by atoms with van der Waals surface area (Å²) in [7, 11) is 1.62. The van der Waals surface area contributed by atoms with Crippen LogP contribution in [0, 0.1) is 0 Å². The summed E-state index contributed by atoms with van der Waals surface area (Å²) in [5.41, 5.74) is 0.812. The van der Waals surface area contributed by atoms with Crippen molar-refractivity contribution in [3.63, 3.8) is 0 Å². The summed E-state index contributed by atoms with van der Waals surface area (Å²) in [6.07, 6.45) is 2.44. The Morgan fingerprint density at radius 3 is 3.04 bits per heavy atom. The highest BCUT2D eigenvalue weighted by Gasteiger charge is 2.22. The molecule has 0 radical (unpaired) electrons. The first-order valence-electron chi connectivity index (χ1n) is 7.50. The molecule has 1 aliphatic carbocycles. The number of aromatic nitrogens is 4. The molecule has 0 saturated heterocycles. The Morgan fingerprint density at radius 2 is 2.21 bits per heavy atom. The fraction of sp³-hybridized carbons (Fsp3) is 0.333. The minimum absolute atomic E-state index is 0.524. The fourth-order valence-electron chi connectivity index (χ4n) is 2.10. The van der Waals surface area contributed by atoms with Crippen molar-refractivity contribution in [2.24, 2.45) is 0 Å². The lowest BCUT2D eigenvalue weighted by Gasteiger charge is -2.02. The molecule has 0 bridgehead atoms. The second kappa shape index (κ2) is 6.78. The Hall–Kier alpha value is -2.13. The van der Waals surface area contributed by atoms with Crippen LogP contribution in [0.4, 0.5) is 5.13 Å². The van der Waals surface area contributed by atoms with Gasteiger partial charge in [0.05, 0.1) is 18.4 Å². The number of thioether (sulfide) groups is 1. The molecule has 2 heterocycles. The predicted octanol–water partition coefficient (Wildman–Crippen LogP) is 3.46. The molecular formula is C15H15N5O2S2. The molecule has 7 nitrogen and oxygen atoms in total. The Kier molecular flexibility index (Phi) is 4.35. The summed E-state index contributed by atoms with van der Waals surface area (Å²) in [4.78, 5) is 4.43. The lowest BCUT2D eigenvalue weighted by atomic mass is 10.2. The molecule has 24 heavy (non-hydrogen) atoms. The van der Waals surface area contributed by atoms with Gasteiger partial charge in [-0.15, -0.1) is 10.2 Å². The van der Waals surface area contributed by atoms with E-state index >= 15 is 0 Å². The molecule has 0 aliphatic heterocycles. The average molecular weight is 361 g/mol. The molecule has 1 N–H and O–H groups in total. The van der Waals surface area contributed by atoms with Crippen LogP contribution in [0.3, 0.4) is 0 Å². The first kappa shape index (κ1) is 15.4. The van der Waals surface area contributed by atoms with E-state index < -0.39 is 0 Å². The van der Waals surface area contributed by atoms with E-state index in [2.05, 4.69) is 25.7 Å². The Labute approximate surface area is 146 Å². The molecule has 2 aromatic heterocycles. The van der Waals surface area contributed by atoms with Crippen molar-refractivity contribution in [1.29, 1.82) is 0 Å². The number of hydrogen-bond donors (Lipinski definition) is 1. The van der Waals surface area contributed by atoms with E-state index in [9.17, 15) is 0 Å². The smallest absolute Gasteiger partial charge is 0.237 e. The van der Waals surface area contributed by atoms with Crippen LogP contribution in [0.5, 0.6) is 5.75 Å². The minimum atomic E-state index is 0.524. The number of para-hydroxylation sites is 1. The van der Waals surface area contributed by atoms with E-state index in [1.165, 1.54) is 24.6 Å². The van der Waals surface area contributed by atoms with Crippen molar-refractivity contribution in [3.05, 3.63) is 30.2 Å². The molecule has 1 aliphatic rings. The molecule has 0 unspecified atom stereocenters. The van der Waals surface area contributed by atoms with Crippen molar-refractivity contribution in [2.45, 2.75) is 29.0 Å². The van der Waals surface area contributed by atoms with Gasteiger partial charge in [-0.1, -0.05) is 40.4 Å². The van der Waals surface area contributed by atoms with Crippen LogP contribution in [0.1, 0.15) is 18.7 Å². The molecule has 0 spiro atoms. The van der Waals surface area contributed by atoms with Gasteiger partial charge in [-0.3, -0.25) is 0 Å². The van der Waals surface area contributed by atoms with Crippen molar-refractivity contribution < 1.29 is 9.26 Å². The van der Waals surface area contributed by atoms with Crippen LogP contribution in [-0.4, -0.2) is 33.5 Å². The zero-order chi connectivity index (χ0) is 16.4. The van der Waals surface area contributed by atoms with E-state index in [1.807, 2.05) is 24.3 Å². The first-order valence-corrected chi connectivity index (χ1v) is 9.31. The summed E-state index contributed by atoms with van der Waals surface area (Å²) < 4.78 is 11.5. The topological polar surface area (TPSA) is 86.0 Å². The maximum Gasteiger partial charge on any atom is 0.237 e. The van der Waals surface area contributed by atoms with Gasteiger partial charge >= 0.3 is 0 Å². The number of benzene rings is 1. The highest BCUT2D eigenvalue weighted by molar-refractivity contribution is 8.00. The fourth-order valence-corrected chi connectivity index (χ4v) is 3.77. The number of methoxy groups -OCH3 is 1. The van der Waals surface area contributed by atoms with E-state index in [0.29, 0.717) is 23.5 Å². The van der Waals surface area contributed by atoms with Crippen LogP contribution in [-0.2, 0) is 5.75 Å². The van der Waals surface area contributed by atoms with Gasteiger partial charge in [0.15, 0.2) is 4.34 Å². The van der Waals surface area contributed by atoms with Crippen LogP contribution in [0.2, 0.25) is 0 Å². The van der Waals surface area contributed by atoms with Gasteiger partial charge in [0.25, 0.3) is 0 Å². The Morgan fingerprint density at radius 1 is 1.33 bits per heavy atom. The summed E-state index contributed by atoms with van der Waals surface area (Å²) in [5.74, 6) is 2.35. The summed E-state index contributed by atoms with van der Waals surface area (Å²) in [6.45, 7) is 0. The molecule has 3 aromatic rings. The average Bonchev–Trinajstić information content (AvgIpc) is 3.11. The molecule has 0 amide bonds. The second-order valence-corrected chi connectivity index (χ2v) is 7.49. The van der Waals surface area contributed by atoms with E-state index in [1.54, 1.807) is 18.4 Å². The van der Waals surface area contributed by atoms with Gasteiger partial charge in [-0.05, 0) is 25.0 Å². The zero-order valence-electron chi connectivity index (χ0n) is 12.9. The molecule has 0 atom stereocenters. The van der Waals surface area contributed by atoms with Crippen molar-refractivity contribution in [2.75, 3.05) is 12.4 Å². The number of nitrogens with one attached hydrogen (secondary N) is 1. The maximum absolute atomic E-state index is 5.33. The van der Waals surface area contributed by atoms with Crippen LogP contribution in [0.25, 0.3) is 11.4 Å². The van der Waals surface area contributed by atoms with Gasteiger partial charge in [0.1, 0.15) is 5.75 Å². The number of hydrogen-bond acceptors (Lipinski definition) is 9. The van der Waals surface area contributed by atoms with Crippen molar-refractivity contribution in [1.82, 2.24) is 20.3 Å². The second-order valence-electron chi connectivity index (χ2n) is 5.29. The number of nitrogens with zero attached hydrogens (tertiary/aromatic N) is 4. The lowest BCUT2D eigenvalue weighted by molar-refractivity contribution is 0.390. The Balaban J connectivity index is 1.40. The Bertz CT molecular complexity index is 831. The first-order chi connectivity index (χ1) is 11.8. The molecule has 124 valence electrons. The summed E-state index contributed by atoms with van der Waals surface area (Å²) >= 11 is 3.09. The monoisotopic (exact) mass is 361 g/mol. The van der Waals surface area contributed by atoms with Crippen LogP contribution >= 0.6 is 23.1 Å². The SMILES string of the molecule is COc1ccccc1-c1noc(CSc2nnc(NC3CC3)s2)n1. The van der Waals surface area contributed by atoms with Crippen LogP contribution in [0.15, 0.2) is 33.1 Å². The van der Waals surface area contributed by atoms with Gasteiger partial charge in [-0.25, -0.2) is 0 Å². The van der Waals surface area contributed by atoms with E-state index in [-0.39, 0.29) is 0 Å². The number of ether oxygens (including phenoxy) is 1. The molecule has 4 rings (SSSR count). The summed E-state index contributed by atoms with van der Waals surface area (Å²) in [6, 6.07) is 8.17. The van der Waals surface area contributed by atoms with Crippen molar-refractivity contribution in [3.8, 4) is 17.1 Å². The normalized spacial score (nSPS) is 13.9. The number of anilines is 1. The molecule has 1 aromatic carbocycles. The van der Waals surface area contributed by atoms with Gasteiger partial charge in [-0.2, -0.15) is 4.98 Å². The largest absolute Gasteiger partial charge is 0.496 e. The minimum Gasteiger partial charge on any atom is -0.496 e. The van der Waals surface area contributed by atoms with E-state index in [4.69, 9.17) is 9.26 Å². The van der Waals surface area contributed by atoms with E-state index in [0.717, 1.165) is 20.8 Å².